The van der Waals surface area contributed by atoms with Crippen LogP contribution >= 0.6 is 11.5 Å². The van der Waals surface area contributed by atoms with Crippen molar-refractivity contribution in [3.63, 3.8) is 0 Å². The van der Waals surface area contributed by atoms with E-state index in [1.165, 1.54) is 17.1 Å². The van der Waals surface area contributed by atoms with Crippen molar-refractivity contribution in [2.75, 3.05) is 18.9 Å². The number of nitrogens with one attached hydrogen (secondary N) is 2. The summed E-state index contributed by atoms with van der Waals surface area (Å²) in [5.74, 6) is 1.42. The van der Waals surface area contributed by atoms with Crippen LogP contribution in [0.5, 0.6) is 0 Å². The molecule has 0 bridgehead atoms. The van der Waals surface area contributed by atoms with Gasteiger partial charge in [0.25, 0.3) is 0 Å². The van der Waals surface area contributed by atoms with Crippen molar-refractivity contribution in [3.8, 4) is 0 Å². The predicted octanol–water partition coefficient (Wildman–Crippen LogP) is 1.42. The first-order valence-corrected chi connectivity index (χ1v) is 7.55. The van der Waals surface area contributed by atoms with Crippen LogP contribution in [0.1, 0.15) is 11.5 Å². The van der Waals surface area contributed by atoms with E-state index in [0.29, 0.717) is 10.9 Å². The van der Waals surface area contributed by atoms with Crippen LogP contribution in [0.2, 0.25) is 0 Å². The average molecular weight is 314 g/mol. The molecular weight excluding hydrogens is 300 g/mol. The fourth-order valence-electron chi connectivity index (χ4n) is 2.39. The molecule has 4 rings (SSSR count). The van der Waals surface area contributed by atoms with Gasteiger partial charge in [-0.05, 0) is 6.92 Å². The molecule has 4 heterocycles. The molecule has 1 aliphatic heterocycles. The number of hydrazine groups is 1. The van der Waals surface area contributed by atoms with Gasteiger partial charge in [0, 0.05) is 49.3 Å². The highest BCUT2D eigenvalue weighted by Gasteiger charge is 2.16. The van der Waals surface area contributed by atoms with E-state index in [1.807, 2.05) is 35.8 Å². The molecule has 0 saturated heterocycles. The van der Waals surface area contributed by atoms with E-state index in [1.54, 1.807) is 6.20 Å². The lowest BCUT2D eigenvalue weighted by Crippen LogP contribution is -2.23. The third-order valence-corrected chi connectivity index (χ3v) is 4.10. The van der Waals surface area contributed by atoms with Crippen LogP contribution in [0, 0.1) is 6.92 Å². The van der Waals surface area contributed by atoms with Crippen molar-refractivity contribution < 1.29 is 0 Å². The maximum atomic E-state index is 4.50. The molecule has 0 radical (unpaired) electrons. The summed E-state index contributed by atoms with van der Waals surface area (Å²) in [6, 6.07) is 0. The van der Waals surface area contributed by atoms with Crippen molar-refractivity contribution >= 4 is 33.7 Å². The lowest BCUT2D eigenvalue weighted by atomic mass is 10.2. The third-order valence-electron chi connectivity index (χ3n) is 3.38. The van der Waals surface area contributed by atoms with Gasteiger partial charge in [0.05, 0.1) is 11.9 Å². The zero-order valence-corrected chi connectivity index (χ0v) is 12.9. The van der Waals surface area contributed by atoms with Crippen LogP contribution in [0.25, 0.3) is 11.2 Å². The number of nitrogens with zero attached hydrogens (tertiary/aromatic N) is 6. The van der Waals surface area contributed by atoms with Gasteiger partial charge in [0.1, 0.15) is 5.82 Å². The number of aryl methyl sites for hydroxylation is 1. The Morgan fingerprint density at radius 1 is 1.36 bits per heavy atom. The summed E-state index contributed by atoms with van der Waals surface area (Å²) in [5, 5.41) is 5.84. The number of anilines is 2. The molecule has 8 nitrogen and oxygen atoms in total. The molecule has 112 valence electrons. The van der Waals surface area contributed by atoms with E-state index >= 15 is 0 Å². The van der Waals surface area contributed by atoms with E-state index in [2.05, 4.69) is 36.3 Å². The van der Waals surface area contributed by atoms with Crippen LogP contribution in [-0.4, -0.2) is 42.3 Å². The minimum atomic E-state index is 0.671. The molecule has 0 saturated carbocycles. The molecule has 9 heteroatoms. The Morgan fingerprint density at radius 2 is 2.27 bits per heavy atom. The first kappa shape index (κ1) is 13.2. The van der Waals surface area contributed by atoms with Gasteiger partial charge in [-0.1, -0.05) is 0 Å². The maximum Gasteiger partial charge on any atom is 0.208 e. The van der Waals surface area contributed by atoms with Gasteiger partial charge < -0.3 is 10.3 Å². The largest absolute Gasteiger partial charge is 0.318 e. The highest BCUT2D eigenvalue weighted by molar-refractivity contribution is 7.09. The Morgan fingerprint density at radius 3 is 3.00 bits per heavy atom. The maximum absolute atomic E-state index is 4.50. The fourth-order valence-corrected chi connectivity index (χ4v) is 2.96. The second-order valence-electron chi connectivity index (χ2n) is 4.98. The highest BCUT2D eigenvalue weighted by atomic mass is 32.1. The first-order chi connectivity index (χ1) is 10.7. The second-order valence-corrected chi connectivity index (χ2v) is 5.74. The van der Waals surface area contributed by atoms with E-state index in [9.17, 15) is 0 Å². The summed E-state index contributed by atoms with van der Waals surface area (Å²) in [6.07, 6.45) is 7.58. The molecule has 0 unspecified atom stereocenters. The van der Waals surface area contributed by atoms with E-state index in [-0.39, 0.29) is 0 Å². The summed E-state index contributed by atoms with van der Waals surface area (Å²) < 4.78 is 6.18. The van der Waals surface area contributed by atoms with Gasteiger partial charge in [-0.3, -0.25) is 4.40 Å². The Bertz CT molecular complexity index is 864. The van der Waals surface area contributed by atoms with Gasteiger partial charge in [-0.25, -0.2) is 20.4 Å². The van der Waals surface area contributed by atoms with Crippen LogP contribution < -0.4 is 10.7 Å². The number of fused-ring (bicyclic) bond motifs is 1. The fraction of sp³-hybridized carbons (Fsp3) is 0.231. The summed E-state index contributed by atoms with van der Waals surface area (Å²) in [4.78, 5) is 13.2. The summed E-state index contributed by atoms with van der Waals surface area (Å²) in [7, 11) is 1.97. The van der Waals surface area contributed by atoms with Gasteiger partial charge in [0.15, 0.2) is 11.5 Å². The molecule has 0 spiro atoms. The molecule has 0 aliphatic carbocycles. The Hall–Kier alpha value is -2.52. The van der Waals surface area contributed by atoms with Crippen LogP contribution in [0.3, 0.4) is 0 Å². The van der Waals surface area contributed by atoms with E-state index in [0.717, 1.165) is 23.7 Å². The zero-order chi connectivity index (χ0) is 15.1. The van der Waals surface area contributed by atoms with Gasteiger partial charge in [0.2, 0.25) is 5.13 Å². The monoisotopic (exact) mass is 314 g/mol. The van der Waals surface area contributed by atoms with Gasteiger partial charge in [-0.2, -0.15) is 4.37 Å². The molecule has 0 amide bonds. The average Bonchev–Trinajstić information content (AvgIpc) is 3.19. The number of aromatic nitrogens is 5. The molecule has 22 heavy (non-hydrogen) atoms. The Kier molecular flexibility index (Phi) is 3.01. The summed E-state index contributed by atoms with van der Waals surface area (Å²) >= 11 is 1.31. The number of imidazole rings is 1. The molecule has 3 aromatic rings. The molecular formula is C13H14N8S. The summed E-state index contributed by atoms with van der Waals surface area (Å²) in [6.45, 7) is 2.64. The van der Waals surface area contributed by atoms with E-state index in [4.69, 9.17) is 0 Å². The number of rotatable bonds is 3. The third kappa shape index (κ3) is 2.20. The van der Waals surface area contributed by atoms with Crippen molar-refractivity contribution in [2.45, 2.75) is 6.92 Å². The Labute approximate surface area is 130 Å². The van der Waals surface area contributed by atoms with Crippen LogP contribution in [0.4, 0.5) is 10.9 Å². The van der Waals surface area contributed by atoms with Gasteiger partial charge >= 0.3 is 0 Å². The molecule has 0 fully saturated rings. The minimum absolute atomic E-state index is 0.671. The SMILES string of the molecule is Cc1nsc(Nc2nccn3c(C4=CN(C)NC4)cnc23)n1. The molecule has 2 N–H and O–H groups in total. The lowest BCUT2D eigenvalue weighted by Gasteiger charge is -2.05. The topological polar surface area (TPSA) is 83.3 Å². The quantitative estimate of drug-likeness (QED) is 0.756. The van der Waals surface area contributed by atoms with Crippen LogP contribution in [0.15, 0.2) is 24.8 Å². The number of hydrogen-bond donors (Lipinski definition) is 2. The van der Waals surface area contributed by atoms with E-state index < -0.39 is 0 Å². The highest BCUT2D eigenvalue weighted by Crippen LogP contribution is 2.24. The lowest BCUT2D eigenvalue weighted by molar-refractivity contribution is 0.374. The number of hydrogen-bond acceptors (Lipinski definition) is 8. The minimum Gasteiger partial charge on any atom is -0.318 e. The standard InChI is InChI=1S/C13H14N8S/c1-8-17-13(22-19-8)18-11-12-15-6-10(21(12)4-3-14-11)9-5-16-20(2)7-9/h3-4,6-7,16H,5H2,1-2H3,(H,14,17,18,19). The predicted molar refractivity (Wildman–Crippen MR) is 84.7 cm³/mol. The Balaban J connectivity index is 1.75. The van der Waals surface area contributed by atoms with Crippen LogP contribution in [-0.2, 0) is 0 Å². The molecule has 1 aliphatic rings. The molecule has 3 aromatic heterocycles. The van der Waals surface area contributed by atoms with Crippen molar-refractivity contribution in [1.82, 2.24) is 34.2 Å². The van der Waals surface area contributed by atoms with Crippen molar-refractivity contribution in [1.29, 1.82) is 0 Å². The zero-order valence-electron chi connectivity index (χ0n) is 12.1. The van der Waals surface area contributed by atoms with Crippen molar-refractivity contribution in [3.05, 3.63) is 36.3 Å². The van der Waals surface area contributed by atoms with Gasteiger partial charge in [-0.15, -0.1) is 0 Å². The van der Waals surface area contributed by atoms with Crippen molar-refractivity contribution in [2.24, 2.45) is 0 Å². The smallest absolute Gasteiger partial charge is 0.208 e. The molecule has 0 atom stereocenters. The normalized spacial score (nSPS) is 14.6. The summed E-state index contributed by atoms with van der Waals surface area (Å²) in [5.41, 5.74) is 6.22. The molecule has 0 aromatic carbocycles. The second kappa shape index (κ2) is 5.04. The first-order valence-electron chi connectivity index (χ1n) is 6.77.